The number of halogens is 2. The molecule has 0 saturated carbocycles. The highest BCUT2D eigenvalue weighted by molar-refractivity contribution is 5.89. The van der Waals surface area contributed by atoms with Crippen LogP contribution in [0.5, 0.6) is 11.6 Å². The third-order valence-electron chi connectivity index (χ3n) is 6.87. The molecule has 9 heteroatoms. The van der Waals surface area contributed by atoms with Crippen LogP contribution in [0.25, 0.3) is 0 Å². The third-order valence-corrected chi connectivity index (χ3v) is 6.87. The minimum Gasteiger partial charge on any atom is -0.435 e. The highest BCUT2D eigenvalue weighted by atomic mass is 19.1. The Morgan fingerprint density at radius 3 is 2.46 bits per heavy atom. The van der Waals surface area contributed by atoms with Gasteiger partial charge in [-0.1, -0.05) is 26.0 Å². The van der Waals surface area contributed by atoms with Gasteiger partial charge in [-0.15, -0.1) is 0 Å². The van der Waals surface area contributed by atoms with E-state index in [2.05, 4.69) is 29.0 Å². The molecule has 3 heterocycles. The summed E-state index contributed by atoms with van der Waals surface area (Å²) in [5, 5.41) is 2.95. The Balaban J connectivity index is 1.41. The van der Waals surface area contributed by atoms with E-state index in [0.717, 1.165) is 50.2 Å². The predicted molar refractivity (Wildman–Crippen MR) is 138 cm³/mol. The van der Waals surface area contributed by atoms with Gasteiger partial charge in [-0.2, -0.15) is 4.98 Å². The van der Waals surface area contributed by atoms with Crippen molar-refractivity contribution in [2.24, 2.45) is 0 Å². The van der Waals surface area contributed by atoms with Crippen molar-refractivity contribution in [3.05, 3.63) is 70.9 Å². The van der Waals surface area contributed by atoms with Crippen LogP contribution >= 0.6 is 0 Å². The van der Waals surface area contributed by atoms with Gasteiger partial charge in [-0.3, -0.25) is 0 Å². The van der Waals surface area contributed by atoms with Crippen molar-refractivity contribution in [2.45, 2.75) is 52.0 Å². The average molecular weight is 508 g/mol. The van der Waals surface area contributed by atoms with Crippen molar-refractivity contribution in [3.63, 3.8) is 0 Å². The number of carbonyl (C=O) groups excluding carboxylic acids is 1. The number of benzene rings is 2. The number of amides is 2. The summed E-state index contributed by atoms with van der Waals surface area (Å²) in [6.07, 6.45) is 3.78. The molecule has 1 aromatic heterocycles. The summed E-state index contributed by atoms with van der Waals surface area (Å²) in [4.78, 5) is 26.3. The van der Waals surface area contributed by atoms with Crippen LogP contribution in [0, 0.1) is 11.6 Å². The molecule has 0 radical (unpaired) electrons. The molecule has 194 valence electrons. The van der Waals surface area contributed by atoms with Gasteiger partial charge in [-0.05, 0) is 55.0 Å². The van der Waals surface area contributed by atoms with E-state index in [1.165, 1.54) is 11.6 Å². The van der Waals surface area contributed by atoms with Gasteiger partial charge < -0.3 is 19.9 Å². The standard InChI is InChI=1S/C28H31F2N5O2/c1-18(2)19-6-9-21(10-7-19)31-28(36)35-15-12-24-22(17-35)26(37-25-11-8-20(29)16-23(25)30)33-27(32-24)34-13-4-3-5-14-34/h6-11,16,18H,3-5,12-15,17H2,1-2H3,(H,31,36). The molecule has 0 aliphatic carbocycles. The van der Waals surface area contributed by atoms with Crippen molar-refractivity contribution < 1.29 is 18.3 Å². The number of aromatic nitrogens is 2. The number of ether oxygens (including phenoxy) is 1. The Morgan fingerprint density at radius 2 is 1.76 bits per heavy atom. The lowest BCUT2D eigenvalue weighted by Gasteiger charge is -2.32. The molecular formula is C28H31F2N5O2. The zero-order chi connectivity index (χ0) is 25.9. The number of carbonyl (C=O) groups is 1. The van der Waals surface area contributed by atoms with Gasteiger partial charge in [-0.25, -0.2) is 18.6 Å². The van der Waals surface area contributed by atoms with Crippen molar-refractivity contribution >= 4 is 17.7 Å². The maximum absolute atomic E-state index is 14.5. The van der Waals surface area contributed by atoms with Crippen LogP contribution in [0.15, 0.2) is 42.5 Å². The normalized spacial score (nSPS) is 15.5. The molecule has 2 aliphatic heterocycles. The number of piperidine rings is 1. The molecule has 2 aromatic carbocycles. The lowest BCUT2D eigenvalue weighted by Crippen LogP contribution is -2.40. The van der Waals surface area contributed by atoms with Gasteiger partial charge in [0.2, 0.25) is 11.8 Å². The lowest BCUT2D eigenvalue weighted by atomic mass is 10.0. The number of hydrogen-bond acceptors (Lipinski definition) is 5. The first-order chi connectivity index (χ1) is 17.9. The summed E-state index contributed by atoms with van der Waals surface area (Å²) in [5.41, 5.74) is 3.31. The zero-order valence-electron chi connectivity index (χ0n) is 21.1. The fourth-order valence-corrected chi connectivity index (χ4v) is 4.68. The van der Waals surface area contributed by atoms with Crippen LogP contribution in [0.2, 0.25) is 0 Å². The molecule has 1 N–H and O–H groups in total. The van der Waals surface area contributed by atoms with Crippen molar-refractivity contribution in [1.82, 2.24) is 14.9 Å². The van der Waals surface area contributed by atoms with Crippen LogP contribution < -0.4 is 15.0 Å². The van der Waals surface area contributed by atoms with E-state index >= 15 is 0 Å². The largest absolute Gasteiger partial charge is 0.435 e. The summed E-state index contributed by atoms with van der Waals surface area (Å²) in [7, 11) is 0. The summed E-state index contributed by atoms with van der Waals surface area (Å²) < 4.78 is 33.8. The van der Waals surface area contributed by atoms with E-state index in [1.54, 1.807) is 4.90 Å². The van der Waals surface area contributed by atoms with Gasteiger partial charge >= 0.3 is 6.03 Å². The van der Waals surface area contributed by atoms with E-state index in [4.69, 9.17) is 9.72 Å². The van der Waals surface area contributed by atoms with Gasteiger partial charge in [0, 0.05) is 37.8 Å². The molecule has 0 spiro atoms. The maximum Gasteiger partial charge on any atom is 0.322 e. The monoisotopic (exact) mass is 507 g/mol. The second-order valence-corrected chi connectivity index (χ2v) is 9.86. The van der Waals surface area contributed by atoms with Crippen molar-refractivity contribution in [2.75, 3.05) is 29.9 Å². The van der Waals surface area contributed by atoms with E-state index in [9.17, 15) is 13.6 Å². The molecule has 2 aliphatic rings. The Morgan fingerprint density at radius 1 is 1.00 bits per heavy atom. The van der Waals surface area contributed by atoms with Crippen LogP contribution in [0.1, 0.15) is 55.8 Å². The Kier molecular flexibility index (Phi) is 7.21. The maximum atomic E-state index is 14.5. The van der Waals surface area contributed by atoms with Crippen LogP contribution in [-0.2, 0) is 13.0 Å². The molecular weight excluding hydrogens is 476 g/mol. The van der Waals surface area contributed by atoms with E-state index in [0.29, 0.717) is 36.1 Å². The number of rotatable bonds is 5. The fourth-order valence-electron chi connectivity index (χ4n) is 4.68. The second-order valence-electron chi connectivity index (χ2n) is 9.86. The topological polar surface area (TPSA) is 70.6 Å². The molecule has 0 bridgehead atoms. The molecule has 3 aromatic rings. The first-order valence-corrected chi connectivity index (χ1v) is 12.8. The van der Waals surface area contributed by atoms with Gasteiger partial charge in [0.1, 0.15) is 5.82 Å². The molecule has 7 nitrogen and oxygen atoms in total. The Hall–Kier alpha value is -3.75. The first-order valence-electron chi connectivity index (χ1n) is 12.8. The SMILES string of the molecule is CC(C)c1ccc(NC(=O)N2CCc3nc(N4CCCCC4)nc(Oc4ccc(F)cc4F)c3C2)cc1. The quantitative estimate of drug-likeness (QED) is 0.442. The lowest BCUT2D eigenvalue weighted by molar-refractivity contribution is 0.205. The number of nitrogens with zero attached hydrogens (tertiary/aromatic N) is 4. The second kappa shape index (κ2) is 10.7. The summed E-state index contributed by atoms with van der Waals surface area (Å²) in [6.45, 7) is 6.61. The summed E-state index contributed by atoms with van der Waals surface area (Å²) >= 11 is 0. The van der Waals surface area contributed by atoms with Crippen LogP contribution in [-0.4, -0.2) is 40.5 Å². The molecule has 1 saturated heterocycles. The minimum absolute atomic E-state index is 0.126. The highest BCUT2D eigenvalue weighted by Crippen LogP contribution is 2.33. The van der Waals surface area contributed by atoms with Crippen LogP contribution in [0.4, 0.5) is 25.2 Å². The van der Waals surface area contributed by atoms with Crippen LogP contribution in [0.3, 0.4) is 0 Å². The predicted octanol–water partition coefficient (Wildman–Crippen LogP) is 6.25. The summed E-state index contributed by atoms with van der Waals surface area (Å²) in [6, 6.07) is 10.7. The minimum atomic E-state index is -0.817. The van der Waals surface area contributed by atoms with Crippen molar-refractivity contribution in [3.8, 4) is 11.6 Å². The number of urea groups is 1. The highest BCUT2D eigenvalue weighted by Gasteiger charge is 2.28. The summed E-state index contributed by atoms with van der Waals surface area (Å²) in [5.74, 6) is -0.495. The molecule has 37 heavy (non-hydrogen) atoms. The third kappa shape index (κ3) is 5.65. The number of fused-ring (bicyclic) bond motifs is 1. The van der Waals surface area contributed by atoms with E-state index in [1.807, 2.05) is 24.3 Å². The molecule has 5 rings (SSSR count). The number of hydrogen-bond donors (Lipinski definition) is 1. The molecule has 1 fully saturated rings. The number of anilines is 2. The van der Waals surface area contributed by atoms with Gasteiger partial charge in [0.15, 0.2) is 11.6 Å². The van der Waals surface area contributed by atoms with Gasteiger partial charge in [0.25, 0.3) is 0 Å². The fraction of sp³-hybridized carbons (Fsp3) is 0.393. The Bertz CT molecular complexity index is 1280. The number of nitrogens with one attached hydrogen (secondary N) is 1. The smallest absolute Gasteiger partial charge is 0.322 e. The Labute approximate surface area is 215 Å². The molecule has 2 amide bonds. The van der Waals surface area contributed by atoms with Gasteiger partial charge in [0.05, 0.1) is 17.8 Å². The average Bonchev–Trinajstić information content (AvgIpc) is 2.90. The van der Waals surface area contributed by atoms with E-state index < -0.39 is 11.6 Å². The zero-order valence-corrected chi connectivity index (χ0v) is 21.1. The van der Waals surface area contributed by atoms with Crippen molar-refractivity contribution in [1.29, 1.82) is 0 Å². The van der Waals surface area contributed by atoms with E-state index in [-0.39, 0.29) is 24.2 Å². The molecule has 0 atom stereocenters. The first kappa shape index (κ1) is 24.9. The molecule has 0 unspecified atom stereocenters.